The van der Waals surface area contributed by atoms with Gasteiger partial charge in [0.05, 0.1) is 0 Å². The number of benzene rings is 2. The Morgan fingerprint density at radius 3 is 2.48 bits per heavy atom. The van der Waals surface area contributed by atoms with Crippen LogP contribution in [0.1, 0.15) is 16.7 Å². The van der Waals surface area contributed by atoms with Gasteiger partial charge in [-0.15, -0.1) is 0 Å². The number of carbonyl (C=O) groups is 2. The summed E-state index contributed by atoms with van der Waals surface area (Å²) in [6.45, 7) is 0. The Morgan fingerprint density at radius 2 is 1.80 bits per heavy atom. The molecule has 0 bridgehead atoms. The fraction of sp³-hybridized carbons (Fsp3) is 0.0556. The molecular formula is C18H12ClFN2O2S. The first-order valence-corrected chi connectivity index (χ1v) is 8.12. The maximum absolute atomic E-state index is 13.4. The molecule has 2 amide bonds. The Bertz CT molecular complexity index is 905. The molecule has 0 unspecified atom stereocenters. The highest BCUT2D eigenvalue weighted by molar-refractivity contribution is 7.80. The minimum Gasteiger partial charge on any atom is -0.299 e. The zero-order chi connectivity index (χ0) is 18.0. The van der Waals surface area contributed by atoms with Crippen molar-refractivity contribution in [3.8, 4) is 0 Å². The van der Waals surface area contributed by atoms with Crippen molar-refractivity contribution in [3.05, 3.63) is 75.6 Å². The third kappa shape index (κ3) is 4.10. The van der Waals surface area contributed by atoms with Gasteiger partial charge in [-0.05, 0) is 65.7 Å². The molecule has 0 aromatic heterocycles. The molecule has 1 aliphatic heterocycles. The summed E-state index contributed by atoms with van der Waals surface area (Å²) in [5, 5.41) is 5.19. The SMILES string of the molecule is O=C1NC(=S)NC(=O)C1=Cc1cc(Cl)ccc1Cc1cccc(F)c1. The van der Waals surface area contributed by atoms with Gasteiger partial charge in [-0.25, -0.2) is 4.39 Å². The fourth-order valence-electron chi connectivity index (χ4n) is 2.49. The molecule has 0 atom stereocenters. The molecule has 2 aromatic carbocycles. The van der Waals surface area contributed by atoms with Gasteiger partial charge < -0.3 is 0 Å². The molecule has 3 rings (SSSR count). The molecule has 1 saturated heterocycles. The van der Waals surface area contributed by atoms with Crippen molar-refractivity contribution >= 4 is 46.8 Å². The average Bonchev–Trinajstić information content (AvgIpc) is 2.53. The number of nitrogens with one attached hydrogen (secondary N) is 2. The van der Waals surface area contributed by atoms with Crippen LogP contribution in [0.2, 0.25) is 5.02 Å². The van der Waals surface area contributed by atoms with Gasteiger partial charge in [0.1, 0.15) is 11.4 Å². The average molecular weight is 375 g/mol. The largest absolute Gasteiger partial charge is 0.299 e. The molecule has 2 aromatic rings. The second-order valence-corrected chi connectivity index (χ2v) is 6.29. The molecular weight excluding hydrogens is 363 g/mol. The third-order valence-corrected chi connectivity index (χ3v) is 4.07. The summed E-state index contributed by atoms with van der Waals surface area (Å²) in [7, 11) is 0. The van der Waals surface area contributed by atoms with Gasteiger partial charge in [-0.3, -0.25) is 20.2 Å². The van der Waals surface area contributed by atoms with Crippen molar-refractivity contribution in [1.29, 1.82) is 0 Å². The summed E-state index contributed by atoms with van der Waals surface area (Å²) in [6.07, 6.45) is 1.88. The smallest absolute Gasteiger partial charge is 0.263 e. The highest BCUT2D eigenvalue weighted by Gasteiger charge is 2.26. The van der Waals surface area contributed by atoms with Crippen molar-refractivity contribution in [1.82, 2.24) is 10.6 Å². The van der Waals surface area contributed by atoms with E-state index in [9.17, 15) is 14.0 Å². The number of hydrogen-bond donors (Lipinski definition) is 2. The van der Waals surface area contributed by atoms with Crippen LogP contribution in [0.3, 0.4) is 0 Å². The van der Waals surface area contributed by atoms with E-state index in [0.717, 1.165) is 11.1 Å². The van der Waals surface area contributed by atoms with Crippen molar-refractivity contribution in [2.24, 2.45) is 0 Å². The molecule has 7 heteroatoms. The molecule has 1 aliphatic rings. The zero-order valence-corrected chi connectivity index (χ0v) is 14.4. The van der Waals surface area contributed by atoms with Crippen LogP contribution in [0.25, 0.3) is 6.08 Å². The Morgan fingerprint density at radius 1 is 1.08 bits per heavy atom. The van der Waals surface area contributed by atoms with Crippen LogP contribution in [-0.2, 0) is 16.0 Å². The first kappa shape index (κ1) is 17.3. The van der Waals surface area contributed by atoms with E-state index >= 15 is 0 Å². The van der Waals surface area contributed by atoms with Crippen molar-refractivity contribution in [3.63, 3.8) is 0 Å². The fourth-order valence-corrected chi connectivity index (χ4v) is 2.86. The monoisotopic (exact) mass is 374 g/mol. The van der Waals surface area contributed by atoms with E-state index in [4.69, 9.17) is 23.8 Å². The predicted molar refractivity (Wildman–Crippen MR) is 97.5 cm³/mol. The van der Waals surface area contributed by atoms with Crippen molar-refractivity contribution in [2.75, 3.05) is 0 Å². The normalized spacial score (nSPS) is 14.2. The van der Waals surface area contributed by atoms with E-state index in [-0.39, 0.29) is 16.5 Å². The van der Waals surface area contributed by atoms with E-state index in [1.165, 1.54) is 18.2 Å². The van der Waals surface area contributed by atoms with Crippen LogP contribution >= 0.6 is 23.8 Å². The molecule has 126 valence electrons. The maximum atomic E-state index is 13.4. The molecule has 0 spiro atoms. The quantitative estimate of drug-likeness (QED) is 0.493. The predicted octanol–water partition coefficient (Wildman–Crippen LogP) is 2.98. The molecule has 0 radical (unpaired) electrons. The highest BCUT2D eigenvalue weighted by Crippen LogP contribution is 2.22. The van der Waals surface area contributed by atoms with Gasteiger partial charge >= 0.3 is 0 Å². The Balaban J connectivity index is 2.00. The maximum Gasteiger partial charge on any atom is 0.263 e. The minimum atomic E-state index is -0.578. The summed E-state index contributed by atoms with van der Waals surface area (Å²) in [5.74, 6) is -1.48. The van der Waals surface area contributed by atoms with Crippen LogP contribution in [0.15, 0.2) is 48.0 Å². The van der Waals surface area contributed by atoms with E-state index in [1.807, 2.05) is 0 Å². The molecule has 1 heterocycles. The van der Waals surface area contributed by atoms with E-state index in [1.54, 1.807) is 30.3 Å². The summed E-state index contributed by atoms with van der Waals surface area (Å²) in [6, 6.07) is 11.4. The van der Waals surface area contributed by atoms with Crippen LogP contribution in [0, 0.1) is 5.82 Å². The summed E-state index contributed by atoms with van der Waals surface area (Å²) >= 11 is 10.8. The number of thiocarbonyl (C=S) groups is 1. The minimum absolute atomic E-state index is 0.0294. The first-order chi connectivity index (χ1) is 11.9. The Kier molecular flexibility index (Phi) is 4.92. The summed E-state index contributed by atoms with van der Waals surface area (Å²) < 4.78 is 13.4. The molecule has 2 N–H and O–H groups in total. The second kappa shape index (κ2) is 7.13. The van der Waals surface area contributed by atoms with Crippen molar-refractivity contribution < 1.29 is 14.0 Å². The van der Waals surface area contributed by atoms with Crippen molar-refractivity contribution in [2.45, 2.75) is 6.42 Å². The number of rotatable bonds is 3. The Hall–Kier alpha value is -2.57. The number of amides is 2. The van der Waals surface area contributed by atoms with Gasteiger partial charge in [0, 0.05) is 5.02 Å². The van der Waals surface area contributed by atoms with Gasteiger partial charge in [0.2, 0.25) is 0 Å². The summed E-state index contributed by atoms with van der Waals surface area (Å²) in [4.78, 5) is 24.0. The van der Waals surface area contributed by atoms with Crippen LogP contribution in [0.5, 0.6) is 0 Å². The molecule has 1 fully saturated rings. The van der Waals surface area contributed by atoms with Gasteiger partial charge in [-0.1, -0.05) is 29.8 Å². The van der Waals surface area contributed by atoms with E-state index < -0.39 is 11.8 Å². The lowest BCUT2D eigenvalue weighted by molar-refractivity contribution is -0.123. The third-order valence-electron chi connectivity index (χ3n) is 3.63. The summed E-state index contributed by atoms with van der Waals surface area (Å²) in [5.41, 5.74) is 2.10. The van der Waals surface area contributed by atoms with Gasteiger partial charge in [0.15, 0.2) is 5.11 Å². The molecule has 25 heavy (non-hydrogen) atoms. The van der Waals surface area contributed by atoms with Crippen LogP contribution in [0.4, 0.5) is 4.39 Å². The molecule has 4 nitrogen and oxygen atoms in total. The highest BCUT2D eigenvalue weighted by atomic mass is 35.5. The van der Waals surface area contributed by atoms with E-state index in [2.05, 4.69) is 10.6 Å². The van der Waals surface area contributed by atoms with E-state index in [0.29, 0.717) is 17.0 Å². The van der Waals surface area contributed by atoms with Gasteiger partial charge in [-0.2, -0.15) is 0 Å². The Labute approximate surface area is 153 Å². The second-order valence-electron chi connectivity index (χ2n) is 5.45. The molecule has 0 aliphatic carbocycles. The number of hydrogen-bond acceptors (Lipinski definition) is 3. The lowest BCUT2D eigenvalue weighted by Crippen LogP contribution is -2.51. The number of carbonyl (C=O) groups excluding carboxylic acids is 2. The lowest BCUT2D eigenvalue weighted by Gasteiger charge is -2.17. The molecule has 0 saturated carbocycles. The first-order valence-electron chi connectivity index (χ1n) is 7.33. The topological polar surface area (TPSA) is 58.2 Å². The lowest BCUT2D eigenvalue weighted by atomic mass is 9.97. The number of halogens is 2. The zero-order valence-electron chi connectivity index (χ0n) is 12.8. The standard InChI is InChI=1S/C18H12ClFN2O2S/c19-13-5-4-11(6-10-2-1-3-14(20)7-10)12(8-13)9-15-16(23)21-18(25)22-17(15)24/h1-5,7-9H,6H2,(H2,21,22,23,24,25). The van der Waals surface area contributed by atoms with Gasteiger partial charge in [0.25, 0.3) is 11.8 Å². The van der Waals surface area contributed by atoms with Crippen LogP contribution in [-0.4, -0.2) is 16.9 Å². The van der Waals surface area contributed by atoms with Crippen LogP contribution < -0.4 is 10.6 Å².